The minimum atomic E-state index is -4.19. The van der Waals surface area contributed by atoms with E-state index in [1.165, 1.54) is 24.1 Å². The van der Waals surface area contributed by atoms with Gasteiger partial charge in [0, 0.05) is 20.0 Å². The second-order valence-electron chi connectivity index (χ2n) is 9.61. The van der Waals surface area contributed by atoms with Crippen LogP contribution in [0.2, 0.25) is 5.02 Å². The highest BCUT2D eigenvalue weighted by molar-refractivity contribution is 7.92. The second kappa shape index (κ2) is 13.5. The van der Waals surface area contributed by atoms with Crippen molar-refractivity contribution >= 4 is 39.1 Å². The largest absolute Gasteiger partial charge is 0.357 e. The number of para-hydroxylation sites is 1. The Morgan fingerprint density at radius 3 is 2.07 bits per heavy atom. The van der Waals surface area contributed by atoms with Crippen LogP contribution in [0.4, 0.5) is 5.69 Å². The summed E-state index contributed by atoms with van der Waals surface area (Å²) in [6.45, 7) is 1.49. The zero-order chi connectivity index (χ0) is 29.4. The van der Waals surface area contributed by atoms with Gasteiger partial charge in [-0.2, -0.15) is 0 Å². The molecule has 0 spiro atoms. The van der Waals surface area contributed by atoms with Crippen LogP contribution in [0.3, 0.4) is 0 Å². The molecule has 0 aromatic heterocycles. The molecule has 1 N–H and O–H groups in total. The van der Waals surface area contributed by atoms with Crippen molar-refractivity contribution in [2.24, 2.45) is 0 Å². The molecule has 0 aliphatic rings. The second-order valence-corrected chi connectivity index (χ2v) is 11.9. The number of rotatable bonds is 11. The van der Waals surface area contributed by atoms with Crippen molar-refractivity contribution in [3.63, 3.8) is 0 Å². The molecule has 0 radical (unpaired) electrons. The molecular weight excluding hydrogens is 558 g/mol. The normalized spacial score (nSPS) is 11.9. The molecule has 0 bridgehead atoms. The fourth-order valence-electron chi connectivity index (χ4n) is 4.61. The summed E-state index contributed by atoms with van der Waals surface area (Å²) < 4.78 is 28.8. The Balaban J connectivity index is 1.79. The van der Waals surface area contributed by atoms with Gasteiger partial charge in [-0.3, -0.25) is 13.9 Å². The molecule has 0 aliphatic carbocycles. The lowest BCUT2D eigenvalue weighted by Crippen LogP contribution is -2.53. The van der Waals surface area contributed by atoms with E-state index in [4.69, 9.17) is 11.6 Å². The van der Waals surface area contributed by atoms with Gasteiger partial charge in [0.2, 0.25) is 11.8 Å². The maximum Gasteiger partial charge on any atom is 0.264 e. The Morgan fingerprint density at radius 1 is 0.829 bits per heavy atom. The van der Waals surface area contributed by atoms with Gasteiger partial charge in [-0.15, -0.1) is 0 Å². The molecule has 4 aromatic rings. The van der Waals surface area contributed by atoms with Crippen LogP contribution in [-0.4, -0.2) is 44.8 Å². The van der Waals surface area contributed by atoms with Gasteiger partial charge in [0.25, 0.3) is 10.0 Å². The number of benzene rings is 4. The Labute approximate surface area is 246 Å². The quantitative estimate of drug-likeness (QED) is 0.260. The number of sulfonamides is 1. The van der Waals surface area contributed by atoms with E-state index in [2.05, 4.69) is 5.32 Å². The Hall–Kier alpha value is -4.14. The number of amides is 2. The van der Waals surface area contributed by atoms with Crippen LogP contribution in [-0.2, 0) is 32.6 Å². The lowest BCUT2D eigenvalue weighted by molar-refractivity contribution is -0.139. The molecule has 0 unspecified atom stereocenters. The topological polar surface area (TPSA) is 86.8 Å². The Morgan fingerprint density at radius 2 is 1.44 bits per heavy atom. The summed E-state index contributed by atoms with van der Waals surface area (Å²) in [6, 6.07) is 30.5. The molecule has 212 valence electrons. The van der Waals surface area contributed by atoms with Crippen molar-refractivity contribution < 1.29 is 18.0 Å². The molecule has 41 heavy (non-hydrogen) atoms. The highest BCUT2D eigenvalue weighted by Gasteiger charge is 2.34. The summed E-state index contributed by atoms with van der Waals surface area (Å²) in [5.74, 6) is -0.902. The number of likely N-dealkylation sites (N-methyl/N-ethyl adjacent to an activating group) is 1. The predicted octanol–water partition coefficient (Wildman–Crippen LogP) is 5.23. The molecule has 4 aromatic carbocycles. The molecule has 1 atom stereocenters. The molecule has 0 aliphatic heterocycles. The summed E-state index contributed by atoms with van der Waals surface area (Å²) in [6.07, 6.45) is 0.246. The average molecular weight is 590 g/mol. The van der Waals surface area contributed by atoms with E-state index >= 15 is 0 Å². The third-order valence-electron chi connectivity index (χ3n) is 6.68. The lowest BCUT2D eigenvalue weighted by atomic mass is 10.0. The van der Waals surface area contributed by atoms with Gasteiger partial charge < -0.3 is 10.2 Å². The lowest BCUT2D eigenvalue weighted by Gasteiger charge is -2.33. The van der Waals surface area contributed by atoms with Crippen LogP contribution in [0.5, 0.6) is 0 Å². The zero-order valence-electron chi connectivity index (χ0n) is 22.9. The number of hydrogen-bond donors (Lipinski definition) is 1. The minimum absolute atomic E-state index is 0.0186. The zero-order valence-corrected chi connectivity index (χ0v) is 24.5. The van der Waals surface area contributed by atoms with Gasteiger partial charge in [-0.25, -0.2) is 8.42 Å². The number of nitrogens with zero attached hydrogens (tertiary/aromatic N) is 2. The van der Waals surface area contributed by atoms with E-state index in [0.29, 0.717) is 0 Å². The number of hydrogen-bond acceptors (Lipinski definition) is 4. The van der Waals surface area contributed by atoms with E-state index in [1.54, 1.807) is 42.5 Å². The molecule has 0 saturated carbocycles. The molecule has 7 nitrogen and oxygen atoms in total. The first-order valence-electron chi connectivity index (χ1n) is 13.1. The summed E-state index contributed by atoms with van der Waals surface area (Å²) in [4.78, 5) is 29.0. The van der Waals surface area contributed by atoms with Crippen LogP contribution >= 0.6 is 11.6 Å². The van der Waals surface area contributed by atoms with Gasteiger partial charge in [0.1, 0.15) is 12.6 Å². The van der Waals surface area contributed by atoms with Gasteiger partial charge in [0.05, 0.1) is 15.6 Å². The Kier molecular flexibility index (Phi) is 9.81. The number of anilines is 1. The molecule has 0 saturated heterocycles. The monoisotopic (exact) mass is 589 g/mol. The summed E-state index contributed by atoms with van der Waals surface area (Å²) in [7, 11) is -2.67. The van der Waals surface area contributed by atoms with Crippen LogP contribution in [0, 0.1) is 6.92 Å². The number of carbonyl (C=O) groups excluding carboxylic acids is 2. The summed E-state index contributed by atoms with van der Waals surface area (Å²) in [5.41, 5.74) is 2.85. The van der Waals surface area contributed by atoms with Gasteiger partial charge in [-0.05, 0) is 42.3 Å². The van der Waals surface area contributed by atoms with Gasteiger partial charge >= 0.3 is 0 Å². The Bertz CT molecular complexity index is 1600. The first-order chi connectivity index (χ1) is 19.7. The number of carbonyl (C=O) groups is 2. The SMILES string of the molecule is CNC(=O)[C@@H](Cc1ccccc1)N(Cc1cccc(C)c1)C(=O)CN(c1ccccc1Cl)S(=O)(=O)c1ccccc1. The third kappa shape index (κ3) is 7.34. The highest BCUT2D eigenvalue weighted by Crippen LogP contribution is 2.31. The van der Waals surface area contributed by atoms with Crippen molar-refractivity contribution in [3.8, 4) is 0 Å². The number of aryl methyl sites for hydroxylation is 1. The number of nitrogens with one attached hydrogen (secondary N) is 1. The third-order valence-corrected chi connectivity index (χ3v) is 8.78. The fourth-order valence-corrected chi connectivity index (χ4v) is 6.36. The molecule has 9 heteroatoms. The van der Waals surface area contributed by atoms with Gasteiger partial charge in [0.15, 0.2) is 0 Å². The van der Waals surface area contributed by atoms with Crippen molar-refractivity contribution in [1.82, 2.24) is 10.2 Å². The van der Waals surface area contributed by atoms with Crippen molar-refractivity contribution in [3.05, 3.63) is 131 Å². The van der Waals surface area contributed by atoms with E-state index in [-0.39, 0.29) is 34.5 Å². The van der Waals surface area contributed by atoms with Crippen LogP contribution < -0.4 is 9.62 Å². The van der Waals surface area contributed by atoms with Crippen molar-refractivity contribution in [2.45, 2.75) is 30.8 Å². The first kappa shape index (κ1) is 29.8. The van der Waals surface area contributed by atoms with E-state index in [0.717, 1.165) is 21.0 Å². The predicted molar refractivity (Wildman–Crippen MR) is 162 cm³/mol. The van der Waals surface area contributed by atoms with E-state index < -0.39 is 28.5 Å². The van der Waals surface area contributed by atoms with Crippen molar-refractivity contribution in [2.75, 3.05) is 17.9 Å². The molecule has 2 amide bonds. The molecule has 0 fully saturated rings. The number of halogens is 1. The average Bonchev–Trinajstić information content (AvgIpc) is 2.98. The van der Waals surface area contributed by atoms with E-state index in [9.17, 15) is 18.0 Å². The molecule has 4 rings (SSSR count). The first-order valence-corrected chi connectivity index (χ1v) is 15.0. The van der Waals surface area contributed by atoms with Crippen LogP contribution in [0.25, 0.3) is 0 Å². The minimum Gasteiger partial charge on any atom is -0.357 e. The molecule has 0 heterocycles. The standard InChI is InChI=1S/C32H32ClN3O4S/c1-24-12-11-15-26(20-24)22-35(30(32(38)34-2)21-25-13-5-3-6-14-25)31(37)23-36(29-19-10-9-18-28(29)33)41(39,40)27-16-7-4-8-17-27/h3-20,30H,21-23H2,1-2H3,(H,34,38)/t30-/m1/s1. The van der Waals surface area contributed by atoms with Crippen LogP contribution in [0.1, 0.15) is 16.7 Å². The fraction of sp³-hybridized carbons (Fsp3) is 0.188. The van der Waals surface area contributed by atoms with Crippen molar-refractivity contribution in [1.29, 1.82) is 0 Å². The van der Waals surface area contributed by atoms with E-state index in [1.807, 2.05) is 61.5 Å². The van der Waals surface area contributed by atoms with Crippen LogP contribution in [0.15, 0.2) is 114 Å². The summed E-state index contributed by atoms with van der Waals surface area (Å²) in [5, 5.41) is 2.86. The van der Waals surface area contributed by atoms with Gasteiger partial charge in [-0.1, -0.05) is 102 Å². The molecular formula is C32H32ClN3O4S. The maximum atomic E-state index is 14.3. The highest BCUT2D eigenvalue weighted by atomic mass is 35.5. The maximum absolute atomic E-state index is 14.3. The summed E-state index contributed by atoms with van der Waals surface area (Å²) >= 11 is 6.47. The smallest absolute Gasteiger partial charge is 0.264 e.